The van der Waals surface area contributed by atoms with E-state index >= 15 is 0 Å². The topological polar surface area (TPSA) is 109 Å². The first kappa shape index (κ1) is 20.3. The standard InChI is InChI=1S/C18H26N2O5S2/c1-13(21)19-8-9-20-17-11-26(22,23)12-18(17)27(24,25)16-7-6-14-4-2-3-5-15(14)10-16/h6-7,10,17-18,20H,2-5,8-9,11-12H2,1H3,(H,19,21)/t17-,18-/m0/s1. The van der Waals surface area contributed by atoms with E-state index < -0.39 is 31.0 Å². The van der Waals surface area contributed by atoms with Crippen LogP contribution in [0.2, 0.25) is 0 Å². The summed E-state index contributed by atoms with van der Waals surface area (Å²) in [5.74, 6) is -0.763. The Hall–Kier alpha value is -1.45. The van der Waals surface area contributed by atoms with Gasteiger partial charge in [-0.2, -0.15) is 0 Å². The molecule has 0 radical (unpaired) electrons. The molecule has 3 rings (SSSR count). The smallest absolute Gasteiger partial charge is 0.216 e. The van der Waals surface area contributed by atoms with Crippen molar-refractivity contribution in [3.05, 3.63) is 29.3 Å². The number of hydrogen-bond acceptors (Lipinski definition) is 6. The molecule has 9 heteroatoms. The van der Waals surface area contributed by atoms with Crippen molar-refractivity contribution in [2.24, 2.45) is 0 Å². The van der Waals surface area contributed by atoms with Crippen molar-refractivity contribution in [1.82, 2.24) is 10.6 Å². The highest BCUT2D eigenvalue weighted by atomic mass is 32.2. The number of hydrogen-bond donors (Lipinski definition) is 2. The third kappa shape index (κ3) is 4.70. The third-order valence-corrected chi connectivity index (χ3v) is 9.40. The van der Waals surface area contributed by atoms with Gasteiger partial charge in [-0.1, -0.05) is 6.07 Å². The van der Waals surface area contributed by atoms with Crippen LogP contribution in [-0.4, -0.2) is 58.6 Å². The van der Waals surface area contributed by atoms with Gasteiger partial charge in [-0.25, -0.2) is 16.8 Å². The second-order valence-electron chi connectivity index (χ2n) is 7.34. The molecule has 1 fully saturated rings. The quantitative estimate of drug-likeness (QED) is 0.645. The predicted octanol–water partition coefficient (Wildman–Crippen LogP) is 0.230. The number of benzene rings is 1. The van der Waals surface area contributed by atoms with Crippen LogP contribution in [-0.2, 0) is 37.3 Å². The second kappa shape index (κ2) is 7.89. The molecule has 1 aliphatic carbocycles. The van der Waals surface area contributed by atoms with Crippen LogP contribution < -0.4 is 10.6 Å². The average molecular weight is 415 g/mol. The van der Waals surface area contributed by atoms with Gasteiger partial charge in [-0.3, -0.25) is 4.79 Å². The lowest BCUT2D eigenvalue weighted by Gasteiger charge is -2.22. The Labute approximate surface area is 160 Å². The first-order valence-corrected chi connectivity index (χ1v) is 12.6. The fourth-order valence-corrected chi connectivity index (χ4v) is 8.63. The molecule has 0 spiro atoms. The minimum absolute atomic E-state index is 0.186. The Morgan fingerprint density at radius 2 is 1.81 bits per heavy atom. The van der Waals surface area contributed by atoms with Gasteiger partial charge in [0.15, 0.2) is 19.7 Å². The molecule has 2 aliphatic rings. The van der Waals surface area contributed by atoms with Gasteiger partial charge in [0.2, 0.25) is 5.91 Å². The molecule has 1 saturated heterocycles. The number of fused-ring (bicyclic) bond motifs is 1. The summed E-state index contributed by atoms with van der Waals surface area (Å²) in [4.78, 5) is 11.1. The van der Waals surface area contributed by atoms with E-state index in [-0.39, 0.29) is 22.3 Å². The molecule has 150 valence electrons. The maximum atomic E-state index is 13.2. The average Bonchev–Trinajstić information content (AvgIpc) is 2.93. The van der Waals surface area contributed by atoms with Gasteiger partial charge >= 0.3 is 0 Å². The van der Waals surface area contributed by atoms with E-state index in [2.05, 4.69) is 10.6 Å². The minimum Gasteiger partial charge on any atom is -0.355 e. The van der Waals surface area contributed by atoms with E-state index in [1.807, 2.05) is 6.07 Å². The zero-order valence-electron chi connectivity index (χ0n) is 15.4. The Morgan fingerprint density at radius 3 is 2.52 bits per heavy atom. The number of amides is 1. The van der Waals surface area contributed by atoms with Gasteiger partial charge in [0.1, 0.15) is 0 Å². The first-order chi connectivity index (χ1) is 12.7. The number of rotatable bonds is 6. The van der Waals surface area contributed by atoms with Crippen LogP contribution in [0.1, 0.15) is 30.9 Å². The van der Waals surface area contributed by atoms with Gasteiger partial charge in [0, 0.05) is 26.1 Å². The highest BCUT2D eigenvalue weighted by molar-refractivity contribution is 7.96. The van der Waals surface area contributed by atoms with Crippen molar-refractivity contribution in [2.75, 3.05) is 24.6 Å². The first-order valence-electron chi connectivity index (χ1n) is 9.23. The van der Waals surface area contributed by atoms with Gasteiger partial charge in [-0.05, 0) is 48.9 Å². The number of sulfone groups is 2. The molecule has 1 amide bonds. The van der Waals surface area contributed by atoms with Crippen LogP contribution in [0, 0.1) is 0 Å². The highest BCUT2D eigenvalue weighted by Crippen LogP contribution is 2.29. The fourth-order valence-electron chi connectivity index (χ4n) is 3.87. The highest BCUT2D eigenvalue weighted by Gasteiger charge is 2.45. The Balaban J connectivity index is 1.81. The summed E-state index contributed by atoms with van der Waals surface area (Å²) in [7, 11) is -7.21. The van der Waals surface area contributed by atoms with E-state index in [1.165, 1.54) is 12.5 Å². The molecule has 0 bridgehead atoms. The molecule has 1 aliphatic heterocycles. The van der Waals surface area contributed by atoms with Crippen molar-refractivity contribution < 1.29 is 21.6 Å². The summed E-state index contributed by atoms with van der Waals surface area (Å²) in [6.45, 7) is 2.02. The summed E-state index contributed by atoms with van der Waals surface area (Å²) in [6, 6.07) is 4.52. The lowest BCUT2D eigenvalue weighted by molar-refractivity contribution is -0.118. The molecule has 2 atom stereocenters. The number of carbonyl (C=O) groups excluding carboxylic acids is 1. The molecule has 1 aromatic rings. The minimum atomic E-state index is -3.77. The zero-order valence-corrected chi connectivity index (χ0v) is 17.0. The Bertz CT molecular complexity index is 925. The van der Waals surface area contributed by atoms with Crippen molar-refractivity contribution >= 4 is 25.6 Å². The van der Waals surface area contributed by atoms with E-state index in [9.17, 15) is 21.6 Å². The van der Waals surface area contributed by atoms with E-state index in [0.29, 0.717) is 13.1 Å². The van der Waals surface area contributed by atoms with Crippen molar-refractivity contribution in [2.45, 2.75) is 48.8 Å². The molecule has 0 unspecified atom stereocenters. The maximum Gasteiger partial charge on any atom is 0.216 e. The summed E-state index contributed by atoms with van der Waals surface area (Å²) < 4.78 is 50.6. The molecule has 1 heterocycles. The number of carbonyl (C=O) groups is 1. The molecule has 0 aromatic heterocycles. The van der Waals surface area contributed by atoms with Gasteiger partial charge in [0.25, 0.3) is 0 Å². The summed E-state index contributed by atoms with van der Waals surface area (Å²) in [6.07, 6.45) is 3.97. The number of nitrogens with one attached hydrogen (secondary N) is 2. The van der Waals surface area contributed by atoms with Crippen LogP contribution in [0.15, 0.2) is 23.1 Å². The second-order valence-corrected chi connectivity index (χ2v) is 11.7. The lowest BCUT2D eigenvalue weighted by Crippen LogP contribution is -2.45. The van der Waals surface area contributed by atoms with Crippen molar-refractivity contribution in [3.8, 4) is 0 Å². The molecule has 7 nitrogen and oxygen atoms in total. The van der Waals surface area contributed by atoms with E-state index in [4.69, 9.17) is 0 Å². The fraction of sp³-hybridized carbons (Fsp3) is 0.611. The van der Waals surface area contributed by atoms with Crippen molar-refractivity contribution in [1.29, 1.82) is 0 Å². The van der Waals surface area contributed by atoms with Crippen LogP contribution >= 0.6 is 0 Å². The van der Waals surface area contributed by atoms with Crippen LogP contribution in [0.25, 0.3) is 0 Å². The molecular weight excluding hydrogens is 388 g/mol. The normalized spacial score (nSPS) is 24.3. The molecule has 1 aromatic carbocycles. The van der Waals surface area contributed by atoms with Gasteiger partial charge in [0.05, 0.1) is 21.7 Å². The Morgan fingerprint density at radius 1 is 1.11 bits per heavy atom. The Kier molecular flexibility index (Phi) is 5.93. The SMILES string of the molecule is CC(=O)NCCN[C@H]1CS(=O)(=O)C[C@@H]1S(=O)(=O)c1ccc2c(c1)CCCC2. The van der Waals surface area contributed by atoms with Crippen molar-refractivity contribution in [3.63, 3.8) is 0 Å². The molecule has 2 N–H and O–H groups in total. The molecular formula is C18H26N2O5S2. The van der Waals surface area contributed by atoms with Crippen LogP contribution in [0.3, 0.4) is 0 Å². The lowest BCUT2D eigenvalue weighted by atomic mass is 9.92. The van der Waals surface area contributed by atoms with Gasteiger partial charge in [-0.15, -0.1) is 0 Å². The van der Waals surface area contributed by atoms with E-state index in [1.54, 1.807) is 12.1 Å². The maximum absolute atomic E-state index is 13.2. The van der Waals surface area contributed by atoms with Crippen LogP contribution in [0.5, 0.6) is 0 Å². The largest absolute Gasteiger partial charge is 0.355 e. The predicted molar refractivity (Wildman–Crippen MR) is 103 cm³/mol. The molecule has 27 heavy (non-hydrogen) atoms. The number of aryl methyl sites for hydroxylation is 2. The summed E-state index contributed by atoms with van der Waals surface area (Å²) in [5, 5.41) is 4.60. The molecule has 0 saturated carbocycles. The summed E-state index contributed by atoms with van der Waals surface area (Å²) in [5.41, 5.74) is 2.24. The summed E-state index contributed by atoms with van der Waals surface area (Å²) >= 11 is 0. The monoisotopic (exact) mass is 414 g/mol. The van der Waals surface area contributed by atoms with E-state index in [0.717, 1.165) is 31.2 Å². The van der Waals surface area contributed by atoms with Gasteiger partial charge < -0.3 is 10.6 Å². The van der Waals surface area contributed by atoms with Crippen LogP contribution in [0.4, 0.5) is 0 Å². The third-order valence-electron chi connectivity index (χ3n) is 5.25. The zero-order chi connectivity index (χ0) is 19.7.